The van der Waals surface area contributed by atoms with E-state index in [9.17, 15) is 4.79 Å². The minimum absolute atomic E-state index is 0.0264. The average molecular weight is 471 g/mol. The number of hydrazone groups is 1. The average Bonchev–Trinajstić information content (AvgIpc) is 3.14. The number of amides is 1. The monoisotopic (exact) mass is 470 g/mol. The Morgan fingerprint density at radius 1 is 1.10 bits per heavy atom. The summed E-state index contributed by atoms with van der Waals surface area (Å²) in [6, 6.07) is 11.3. The Balaban J connectivity index is 1.10. The van der Waals surface area contributed by atoms with Gasteiger partial charge in [0.2, 0.25) is 5.91 Å². The van der Waals surface area contributed by atoms with E-state index in [0.717, 1.165) is 28.0 Å². The van der Waals surface area contributed by atoms with Crippen molar-refractivity contribution in [1.29, 1.82) is 0 Å². The van der Waals surface area contributed by atoms with Crippen molar-refractivity contribution in [2.45, 2.75) is 51.6 Å². The second-order valence-electron chi connectivity index (χ2n) is 9.43. The molecule has 4 saturated carbocycles. The molecule has 1 aromatic carbocycles. The van der Waals surface area contributed by atoms with Crippen molar-refractivity contribution in [3.63, 3.8) is 0 Å². The van der Waals surface area contributed by atoms with Crippen LogP contribution in [-0.2, 0) is 11.4 Å². The predicted molar refractivity (Wildman–Crippen MR) is 118 cm³/mol. The van der Waals surface area contributed by atoms with E-state index in [2.05, 4.69) is 26.5 Å². The third-order valence-corrected chi connectivity index (χ3v) is 7.49. The SMILES string of the molecule is O=C(CC12CC3CC(CC(C3)C1)C2)N/N=C/c1ccc(COc2ccc(Br)cc2)o1. The number of furan rings is 1. The minimum atomic E-state index is 0.0264. The fourth-order valence-corrected chi connectivity index (χ4v) is 6.55. The first-order valence-corrected chi connectivity index (χ1v) is 11.6. The van der Waals surface area contributed by atoms with Crippen LogP contribution in [0.15, 0.2) is 50.4 Å². The zero-order chi connectivity index (χ0) is 20.6. The lowest BCUT2D eigenvalue weighted by molar-refractivity contribution is -0.129. The van der Waals surface area contributed by atoms with Gasteiger partial charge in [0.15, 0.2) is 0 Å². The summed E-state index contributed by atoms with van der Waals surface area (Å²) < 4.78 is 12.4. The Morgan fingerprint density at radius 2 is 1.77 bits per heavy atom. The number of hydrogen-bond acceptors (Lipinski definition) is 4. The van der Waals surface area contributed by atoms with Crippen molar-refractivity contribution in [3.8, 4) is 5.75 Å². The van der Waals surface area contributed by atoms with Crippen molar-refractivity contribution in [1.82, 2.24) is 5.43 Å². The molecule has 4 bridgehead atoms. The summed E-state index contributed by atoms with van der Waals surface area (Å²) in [5.41, 5.74) is 2.95. The van der Waals surface area contributed by atoms with Gasteiger partial charge in [-0.05, 0) is 98.1 Å². The molecule has 0 aliphatic heterocycles. The fraction of sp³-hybridized carbons (Fsp3) is 0.500. The highest BCUT2D eigenvalue weighted by Gasteiger charge is 2.51. The number of carbonyl (C=O) groups excluding carboxylic acids is 1. The first-order valence-electron chi connectivity index (χ1n) is 10.8. The molecule has 0 saturated heterocycles. The van der Waals surface area contributed by atoms with Crippen LogP contribution in [0, 0.1) is 23.2 Å². The lowest BCUT2D eigenvalue weighted by Gasteiger charge is -2.56. The van der Waals surface area contributed by atoms with Gasteiger partial charge in [0.05, 0.1) is 6.21 Å². The quantitative estimate of drug-likeness (QED) is 0.418. The minimum Gasteiger partial charge on any atom is -0.486 e. The van der Waals surface area contributed by atoms with Crippen LogP contribution < -0.4 is 10.2 Å². The first kappa shape index (κ1) is 19.9. The molecule has 6 rings (SSSR count). The van der Waals surface area contributed by atoms with Crippen LogP contribution in [0.3, 0.4) is 0 Å². The van der Waals surface area contributed by atoms with Crippen LogP contribution in [-0.4, -0.2) is 12.1 Å². The third kappa shape index (κ3) is 4.48. The highest BCUT2D eigenvalue weighted by molar-refractivity contribution is 9.10. The van der Waals surface area contributed by atoms with Crippen LogP contribution in [0.1, 0.15) is 56.5 Å². The van der Waals surface area contributed by atoms with Crippen molar-refractivity contribution in [2.24, 2.45) is 28.3 Å². The van der Waals surface area contributed by atoms with Gasteiger partial charge >= 0.3 is 0 Å². The predicted octanol–water partition coefficient (Wildman–Crippen LogP) is 5.68. The van der Waals surface area contributed by atoms with E-state index in [4.69, 9.17) is 9.15 Å². The Morgan fingerprint density at radius 3 is 2.43 bits per heavy atom. The van der Waals surface area contributed by atoms with Gasteiger partial charge < -0.3 is 9.15 Å². The molecule has 0 spiro atoms. The Hall–Kier alpha value is -2.08. The van der Waals surface area contributed by atoms with Crippen molar-refractivity contribution >= 4 is 28.1 Å². The molecule has 0 radical (unpaired) electrons. The van der Waals surface area contributed by atoms with Crippen LogP contribution >= 0.6 is 15.9 Å². The number of halogens is 1. The standard InChI is InChI=1S/C24H27BrN2O3/c25-19-1-3-20(4-2-19)29-15-22-6-5-21(30-22)14-26-27-23(28)13-24-10-16-7-17(11-24)9-18(8-16)12-24/h1-6,14,16-18H,7-13,15H2,(H,27,28)/b26-14+. The van der Waals surface area contributed by atoms with Gasteiger partial charge in [0.25, 0.3) is 0 Å². The number of benzene rings is 1. The van der Waals surface area contributed by atoms with Crippen LogP contribution in [0.2, 0.25) is 0 Å². The van der Waals surface area contributed by atoms with Crippen molar-refractivity contribution in [2.75, 3.05) is 0 Å². The molecule has 30 heavy (non-hydrogen) atoms. The fourth-order valence-electron chi connectivity index (χ4n) is 6.28. The molecule has 1 heterocycles. The van der Waals surface area contributed by atoms with Gasteiger partial charge in [-0.1, -0.05) is 15.9 Å². The summed E-state index contributed by atoms with van der Waals surface area (Å²) in [6.45, 7) is 0.341. The number of nitrogens with zero attached hydrogens (tertiary/aromatic N) is 1. The molecule has 1 amide bonds. The smallest absolute Gasteiger partial charge is 0.240 e. The molecule has 158 valence electrons. The largest absolute Gasteiger partial charge is 0.486 e. The van der Waals surface area contributed by atoms with Crippen LogP contribution in [0.5, 0.6) is 5.75 Å². The molecule has 2 aromatic rings. The van der Waals surface area contributed by atoms with Gasteiger partial charge in [-0.15, -0.1) is 0 Å². The topological polar surface area (TPSA) is 63.8 Å². The number of rotatable bonds is 7. The van der Waals surface area contributed by atoms with Crippen LogP contribution in [0.25, 0.3) is 0 Å². The molecule has 5 nitrogen and oxygen atoms in total. The molecule has 4 aliphatic rings. The van der Waals surface area contributed by atoms with E-state index >= 15 is 0 Å². The number of ether oxygens (including phenoxy) is 1. The summed E-state index contributed by atoms with van der Waals surface area (Å²) in [5, 5.41) is 4.12. The summed E-state index contributed by atoms with van der Waals surface area (Å²) >= 11 is 3.40. The Labute approximate surface area is 185 Å². The summed E-state index contributed by atoms with van der Waals surface area (Å²) in [4.78, 5) is 12.5. The maximum atomic E-state index is 12.5. The number of carbonyl (C=O) groups is 1. The van der Waals surface area contributed by atoms with Crippen molar-refractivity contribution in [3.05, 3.63) is 52.4 Å². The number of nitrogens with one attached hydrogen (secondary N) is 1. The highest BCUT2D eigenvalue weighted by atomic mass is 79.9. The van der Waals surface area contributed by atoms with E-state index in [1.165, 1.54) is 38.5 Å². The third-order valence-electron chi connectivity index (χ3n) is 6.96. The maximum Gasteiger partial charge on any atom is 0.240 e. The van der Waals surface area contributed by atoms with E-state index in [1.54, 1.807) is 6.21 Å². The Bertz CT molecular complexity index is 899. The molecule has 1 aromatic heterocycles. The van der Waals surface area contributed by atoms with Crippen LogP contribution in [0.4, 0.5) is 0 Å². The van der Waals surface area contributed by atoms with Gasteiger partial charge in [-0.2, -0.15) is 5.10 Å². The molecule has 4 fully saturated rings. The van der Waals surface area contributed by atoms with Gasteiger partial charge in [0, 0.05) is 10.9 Å². The summed E-state index contributed by atoms with van der Waals surface area (Å²) in [7, 11) is 0. The van der Waals surface area contributed by atoms with E-state index in [1.807, 2.05) is 36.4 Å². The molecule has 0 unspecified atom stereocenters. The Kier molecular flexibility index (Phi) is 5.44. The zero-order valence-electron chi connectivity index (χ0n) is 17.0. The van der Waals surface area contributed by atoms with E-state index < -0.39 is 0 Å². The molecule has 4 aliphatic carbocycles. The highest BCUT2D eigenvalue weighted by Crippen LogP contribution is 2.61. The number of hydrogen-bond donors (Lipinski definition) is 1. The molecule has 6 heteroatoms. The lowest BCUT2D eigenvalue weighted by atomic mass is 9.49. The van der Waals surface area contributed by atoms with Gasteiger partial charge in [-0.25, -0.2) is 5.43 Å². The molecule has 0 atom stereocenters. The maximum absolute atomic E-state index is 12.5. The van der Waals surface area contributed by atoms with Gasteiger partial charge in [0.1, 0.15) is 23.9 Å². The van der Waals surface area contributed by atoms with Gasteiger partial charge in [-0.3, -0.25) is 4.79 Å². The second kappa shape index (κ2) is 8.22. The summed E-state index contributed by atoms with van der Waals surface area (Å²) in [6.07, 6.45) is 10.0. The van der Waals surface area contributed by atoms with Crippen molar-refractivity contribution < 1.29 is 13.9 Å². The summed E-state index contributed by atoms with van der Waals surface area (Å²) in [5.74, 6) is 4.68. The zero-order valence-corrected chi connectivity index (χ0v) is 18.6. The lowest BCUT2D eigenvalue weighted by Crippen LogP contribution is -2.47. The second-order valence-corrected chi connectivity index (χ2v) is 10.3. The van der Waals surface area contributed by atoms with E-state index in [0.29, 0.717) is 24.5 Å². The van der Waals surface area contributed by atoms with E-state index in [-0.39, 0.29) is 11.3 Å². The molecular weight excluding hydrogens is 444 g/mol. The first-order chi connectivity index (χ1) is 14.6. The molecular formula is C24H27BrN2O3. The molecule has 1 N–H and O–H groups in total. The normalized spacial score (nSPS) is 29.4.